The number of anilines is 1. The Balaban J connectivity index is 1.13. The van der Waals surface area contributed by atoms with Crippen molar-refractivity contribution in [1.82, 2.24) is 24.7 Å². The Morgan fingerprint density at radius 3 is 2.47 bits per heavy atom. The Morgan fingerprint density at radius 2 is 1.74 bits per heavy atom. The Labute approximate surface area is 311 Å². The number of benzene rings is 2. The average Bonchev–Trinajstić information content (AvgIpc) is 3.77. The highest BCUT2D eigenvalue weighted by molar-refractivity contribution is 6.05. The first kappa shape index (κ1) is 36.4. The van der Waals surface area contributed by atoms with Gasteiger partial charge in [-0.05, 0) is 98.0 Å². The lowest BCUT2D eigenvalue weighted by atomic mass is 9.91. The van der Waals surface area contributed by atoms with Gasteiger partial charge in [-0.1, -0.05) is 37.3 Å². The zero-order valence-electron chi connectivity index (χ0n) is 31.7. The lowest BCUT2D eigenvalue weighted by Crippen LogP contribution is -2.61. The maximum absolute atomic E-state index is 13.3. The maximum atomic E-state index is 13.3. The Kier molecular flexibility index (Phi) is 10.1. The summed E-state index contributed by atoms with van der Waals surface area (Å²) < 4.78 is 12.7. The van der Waals surface area contributed by atoms with Crippen molar-refractivity contribution < 1.29 is 19.1 Å². The van der Waals surface area contributed by atoms with E-state index in [4.69, 9.17) is 14.5 Å². The molecule has 0 saturated carbocycles. The summed E-state index contributed by atoms with van der Waals surface area (Å²) in [5.41, 5.74) is 9.41. The van der Waals surface area contributed by atoms with Crippen molar-refractivity contribution >= 4 is 17.6 Å². The van der Waals surface area contributed by atoms with Crippen LogP contribution in [0.1, 0.15) is 70.5 Å². The summed E-state index contributed by atoms with van der Waals surface area (Å²) in [5, 5.41) is 6.35. The summed E-state index contributed by atoms with van der Waals surface area (Å²) in [7, 11) is 5.06. The van der Waals surface area contributed by atoms with Gasteiger partial charge < -0.3 is 29.6 Å². The first-order valence-electron chi connectivity index (χ1n) is 18.7. The number of hydrogen-bond acceptors (Lipinski definition) is 7. The van der Waals surface area contributed by atoms with Crippen LogP contribution < -0.4 is 20.9 Å². The van der Waals surface area contributed by atoms with E-state index < -0.39 is 5.91 Å². The summed E-state index contributed by atoms with van der Waals surface area (Å²) in [6, 6.07) is 17.9. The second-order valence-corrected chi connectivity index (χ2v) is 14.7. The average molecular weight is 719 g/mol. The number of amides is 3. The molecule has 278 valence electrons. The van der Waals surface area contributed by atoms with Crippen LogP contribution in [0.4, 0.5) is 10.5 Å². The molecule has 7 rings (SSSR count). The van der Waals surface area contributed by atoms with Crippen molar-refractivity contribution in [2.45, 2.75) is 64.5 Å². The van der Waals surface area contributed by atoms with Crippen LogP contribution in [0.25, 0.3) is 22.4 Å². The lowest BCUT2D eigenvalue weighted by Gasteiger charge is -2.40. The summed E-state index contributed by atoms with van der Waals surface area (Å²) >= 11 is 0. The van der Waals surface area contributed by atoms with Gasteiger partial charge in [0.1, 0.15) is 5.56 Å². The minimum atomic E-state index is -0.427. The van der Waals surface area contributed by atoms with Gasteiger partial charge in [-0.15, -0.1) is 0 Å². The van der Waals surface area contributed by atoms with Crippen molar-refractivity contribution in [3.05, 3.63) is 98.5 Å². The first-order chi connectivity index (χ1) is 25.6. The molecule has 4 heterocycles. The van der Waals surface area contributed by atoms with Gasteiger partial charge in [-0.3, -0.25) is 14.5 Å². The van der Waals surface area contributed by atoms with Crippen LogP contribution in [-0.4, -0.2) is 83.8 Å². The van der Waals surface area contributed by atoms with Crippen LogP contribution in [0.15, 0.2) is 59.4 Å². The van der Waals surface area contributed by atoms with Gasteiger partial charge in [0, 0.05) is 68.9 Å². The highest BCUT2D eigenvalue weighted by atomic mass is 16.5. The summed E-state index contributed by atoms with van der Waals surface area (Å²) in [5.74, 6) is 0.229. The number of urea groups is 1. The number of hydrogen-bond donors (Lipinski definition) is 2. The number of fused-ring (bicyclic) bond motifs is 1. The molecule has 2 aromatic carbocycles. The van der Waals surface area contributed by atoms with Crippen molar-refractivity contribution in [2.24, 2.45) is 7.05 Å². The van der Waals surface area contributed by atoms with E-state index in [1.165, 1.54) is 10.1 Å². The van der Waals surface area contributed by atoms with Crippen molar-refractivity contribution in [2.75, 3.05) is 52.3 Å². The van der Waals surface area contributed by atoms with E-state index in [9.17, 15) is 14.4 Å². The zero-order chi connectivity index (χ0) is 37.4. The number of likely N-dealkylation sites (tertiary alicyclic amines) is 1. The van der Waals surface area contributed by atoms with Gasteiger partial charge in [-0.25, -0.2) is 9.78 Å². The quantitative estimate of drug-likeness (QED) is 0.205. The highest BCUT2D eigenvalue weighted by Gasteiger charge is 2.46. The van der Waals surface area contributed by atoms with E-state index in [0.717, 1.165) is 90.1 Å². The molecule has 4 aromatic rings. The van der Waals surface area contributed by atoms with E-state index >= 15 is 0 Å². The number of carbonyl (C=O) groups excluding carboxylic acids is 2. The number of pyridine rings is 2. The standard InChI is InChI=1S/C42H50N6O5/c1-7-29-15-16-33(40(50)46(29)4)38(49)43-34-13-9-11-31(27(34)3)30-10-8-12-32(26(30)2)35-24-28-14-17-36(37(28)39(44-35)53-6)48-21-19-42(25-48)18-20-47(22-23-52-5)41(51)45-42/h8-13,15-16,24,36H,7,14,17-23,25H2,1-6H3,(H,43,49)(H,45,51)/t36?,42-/m1/s1. The SMILES string of the molecule is CCc1ccc(C(=O)Nc2cccc(-c3cccc(-c4cc5c(c(OC)n4)C(N4CC[C@]6(CCN(CCOC)C(=O)N6)C4)CC5)c3C)c2C)c(=O)n1C. The molecule has 3 aliphatic rings. The Bertz CT molecular complexity index is 2130. The zero-order valence-corrected chi connectivity index (χ0v) is 31.7. The molecule has 53 heavy (non-hydrogen) atoms. The molecule has 2 N–H and O–H groups in total. The number of nitrogens with one attached hydrogen (secondary N) is 2. The van der Waals surface area contributed by atoms with Gasteiger partial charge in [0.05, 0.1) is 24.9 Å². The second-order valence-electron chi connectivity index (χ2n) is 14.7. The van der Waals surface area contributed by atoms with Crippen LogP contribution in [0, 0.1) is 13.8 Å². The minimum absolute atomic E-state index is 0.000119. The monoisotopic (exact) mass is 718 g/mol. The molecule has 2 aromatic heterocycles. The minimum Gasteiger partial charge on any atom is -0.481 e. The molecule has 3 amide bonds. The molecule has 2 fully saturated rings. The number of ether oxygens (including phenoxy) is 2. The molecule has 2 saturated heterocycles. The van der Waals surface area contributed by atoms with Gasteiger partial charge in [0.2, 0.25) is 5.88 Å². The van der Waals surface area contributed by atoms with Gasteiger partial charge in [0.15, 0.2) is 0 Å². The largest absolute Gasteiger partial charge is 0.481 e. The third-order valence-electron chi connectivity index (χ3n) is 11.7. The molecule has 2 atom stereocenters. The van der Waals surface area contributed by atoms with Crippen LogP contribution in [-0.2, 0) is 24.6 Å². The normalized spacial score (nSPS) is 19.8. The molecule has 2 aliphatic heterocycles. The van der Waals surface area contributed by atoms with E-state index in [2.05, 4.69) is 46.7 Å². The van der Waals surface area contributed by atoms with E-state index in [1.54, 1.807) is 27.3 Å². The van der Waals surface area contributed by atoms with Crippen molar-refractivity contribution in [3.63, 3.8) is 0 Å². The molecule has 0 bridgehead atoms. The van der Waals surface area contributed by atoms with E-state index in [0.29, 0.717) is 31.1 Å². The molecule has 1 spiro atoms. The first-order valence-corrected chi connectivity index (χ1v) is 18.7. The van der Waals surface area contributed by atoms with Gasteiger partial charge >= 0.3 is 6.03 Å². The summed E-state index contributed by atoms with van der Waals surface area (Å²) in [4.78, 5) is 48.7. The highest BCUT2D eigenvalue weighted by Crippen LogP contribution is 2.46. The number of carbonyl (C=O) groups is 2. The molecule has 1 unspecified atom stereocenters. The number of aryl methyl sites for hydroxylation is 2. The fraction of sp³-hybridized carbons (Fsp3) is 0.429. The molecular weight excluding hydrogens is 668 g/mol. The molecule has 11 nitrogen and oxygen atoms in total. The fourth-order valence-corrected chi connectivity index (χ4v) is 8.61. The third kappa shape index (κ3) is 6.72. The molecule has 1 aliphatic carbocycles. The molecule has 0 radical (unpaired) electrons. The maximum Gasteiger partial charge on any atom is 0.317 e. The Hall–Kier alpha value is -5.00. The predicted octanol–water partition coefficient (Wildman–Crippen LogP) is 6.05. The topological polar surface area (TPSA) is 118 Å². The molecule has 11 heteroatoms. The van der Waals surface area contributed by atoms with Crippen LogP contribution in [0.2, 0.25) is 0 Å². The van der Waals surface area contributed by atoms with Crippen LogP contribution >= 0.6 is 0 Å². The second kappa shape index (κ2) is 14.8. The van der Waals surface area contributed by atoms with Gasteiger partial charge in [-0.2, -0.15) is 0 Å². The summed E-state index contributed by atoms with van der Waals surface area (Å²) in [6.07, 6.45) is 4.46. The van der Waals surface area contributed by atoms with Crippen LogP contribution in [0.5, 0.6) is 5.88 Å². The summed E-state index contributed by atoms with van der Waals surface area (Å²) in [6.45, 7) is 9.69. The molecular formula is C42H50N6O5. The van der Waals surface area contributed by atoms with Gasteiger partial charge in [0.25, 0.3) is 11.5 Å². The van der Waals surface area contributed by atoms with Crippen molar-refractivity contribution in [3.8, 4) is 28.3 Å². The lowest BCUT2D eigenvalue weighted by molar-refractivity contribution is 0.102. The predicted molar refractivity (Wildman–Crippen MR) is 207 cm³/mol. The van der Waals surface area contributed by atoms with Crippen molar-refractivity contribution in [1.29, 1.82) is 0 Å². The fourth-order valence-electron chi connectivity index (χ4n) is 8.61. The number of rotatable bonds is 10. The smallest absolute Gasteiger partial charge is 0.317 e. The number of methoxy groups -OCH3 is 2. The third-order valence-corrected chi connectivity index (χ3v) is 11.7. The number of aromatic nitrogens is 2. The number of nitrogens with zero attached hydrogens (tertiary/aromatic N) is 4. The van der Waals surface area contributed by atoms with E-state index in [-0.39, 0.29) is 28.7 Å². The Morgan fingerprint density at radius 1 is 1.00 bits per heavy atom. The van der Waals surface area contributed by atoms with Crippen LogP contribution in [0.3, 0.4) is 0 Å². The van der Waals surface area contributed by atoms with E-state index in [1.807, 2.05) is 43.0 Å².